The van der Waals surface area contributed by atoms with Crippen molar-refractivity contribution in [1.29, 1.82) is 0 Å². The Kier molecular flexibility index (Phi) is 5.86. The second kappa shape index (κ2) is 8.58. The number of hydrogen-bond donors (Lipinski definition) is 0. The van der Waals surface area contributed by atoms with Gasteiger partial charge in [0.25, 0.3) is 5.91 Å². The van der Waals surface area contributed by atoms with Crippen molar-refractivity contribution in [2.45, 2.75) is 13.3 Å². The summed E-state index contributed by atoms with van der Waals surface area (Å²) in [6, 6.07) is 19.1. The summed E-state index contributed by atoms with van der Waals surface area (Å²) >= 11 is 11.9. The van der Waals surface area contributed by atoms with Crippen molar-refractivity contribution in [3.05, 3.63) is 99.2 Å². The van der Waals surface area contributed by atoms with Crippen LogP contribution < -0.4 is 4.74 Å². The first-order chi connectivity index (χ1) is 14.9. The molecule has 4 rings (SSSR count). The van der Waals surface area contributed by atoms with Crippen LogP contribution in [0.15, 0.2) is 66.7 Å². The first kappa shape index (κ1) is 21.2. The molecule has 0 aliphatic carbocycles. The van der Waals surface area contributed by atoms with Crippen molar-refractivity contribution in [3.63, 3.8) is 0 Å². The number of hydrogen-bond acceptors (Lipinski definition) is 3. The SMILES string of the molecule is COc1ccc2c(c1)c(CC(=O)c1ccc(Cl)cc1)c(C)n2C(=O)c1ccc(Cl)cc1. The number of ketones is 1. The van der Waals surface area contributed by atoms with Crippen LogP contribution in [0.2, 0.25) is 10.0 Å². The summed E-state index contributed by atoms with van der Waals surface area (Å²) < 4.78 is 7.02. The Morgan fingerprint density at radius 2 is 1.45 bits per heavy atom. The maximum absolute atomic E-state index is 13.3. The molecular formula is C25H19Cl2NO3. The van der Waals surface area contributed by atoms with Crippen molar-refractivity contribution in [1.82, 2.24) is 4.57 Å². The first-order valence-corrected chi connectivity index (χ1v) is 10.4. The van der Waals surface area contributed by atoms with Crippen molar-refractivity contribution in [2.75, 3.05) is 7.11 Å². The van der Waals surface area contributed by atoms with Gasteiger partial charge in [-0.3, -0.25) is 14.2 Å². The van der Waals surface area contributed by atoms with Crippen LogP contribution in [0.3, 0.4) is 0 Å². The molecule has 0 bridgehead atoms. The fraction of sp³-hybridized carbons (Fsp3) is 0.120. The minimum Gasteiger partial charge on any atom is -0.497 e. The van der Waals surface area contributed by atoms with Gasteiger partial charge in [0.2, 0.25) is 0 Å². The summed E-state index contributed by atoms with van der Waals surface area (Å²) in [6.07, 6.45) is 0.151. The second-order valence-electron chi connectivity index (χ2n) is 7.20. The topological polar surface area (TPSA) is 48.3 Å². The molecule has 0 radical (unpaired) electrons. The molecule has 0 saturated heterocycles. The number of methoxy groups -OCH3 is 1. The van der Waals surface area contributed by atoms with Crippen LogP contribution >= 0.6 is 23.2 Å². The van der Waals surface area contributed by atoms with Crippen LogP contribution in [0.25, 0.3) is 10.9 Å². The van der Waals surface area contributed by atoms with E-state index in [1.54, 1.807) is 66.3 Å². The number of benzene rings is 3. The monoisotopic (exact) mass is 451 g/mol. The van der Waals surface area contributed by atoms with Gasteiger partial charge in [0.1, 0.15) is 5.75 Å². The minimum atomic E-state index is -0.186. The van der Waals surface area contributed by atoms with Crippen molar-refractivity contribution >= 4 is 45.8 Å². The number of fused-ring (bicyclic) bond motifs is 1. The van der Waals surface area contributed by atoms with Gasteiger partial charge in [0, 0.05) is 38.7 Å². The van der Waals surface area contributed by atoms with Crippen molar-refractivity contribution in [2.24, 2.45) is 0 Å². The molecule has 0 unspecified atom stereocenters. The van der Waals surface area contributed by atoms with Gasteiger partial charge in [-0.05, 0) is 79.2 Å². The smallest absolute Gasteiger partial charge is 0.262 e. The highest BCUT2D eigenvalue weighted by molar-refractivity contribution is 6.31. The zero-order valence-electron chi connectivity index (χ0n) is 17.0. The zero-order valence-corrected chi connectivity index (χ0v) is 18.5. The highest BCUT2D eigenvalue weighted by Crippen LogP contribution is 2.31. The summed E-state index contributed by atoms with van der Waals surface area (Å²) in [5.74, 6) is 0.416. The van der Waals surface area contributed by atoms with E-state index in [1.165, 1.54) is 0 Å². The van der Waals surface area contributed by atoms with Gasteiger partial charge in [-0.25, -0.2) is 0 Å². The third-order valence-corrected chi connectivity index (χ3v) is 5.84. The van der Waals surface area contributed by atoms with Gasteiger partial charge < -0.3 is 4.74 Å². The Labute approximate surface area is 190 Å². The molecule has 0 fully saturated rings. The Balaban J connectivity index is 1.83. The van der Waals surface area contributed by atoms with Gasteiger partial charge in [0.05, 0.1) is 12.6 Å². The number of aromatic nitrogens is 1. The highest BCUT2D eigenvalue weighted by Gasteiger charge is 2.22. The first-order valence-electron chi connectivity index (χ1n) is 9.66. The summed E-state index contributed by atoms with van der Waals surface area (Å²) in [5, 5.41) is 1.94. The van der Waals surface area contributed by atoms with Gasteiger partial charge in [-0.15, -0.1) is 0 Å². The van der Waals surface area contributed by atoms with Crippen LogP contribution in [0, 0.1) is 6.92 Å². The third kappa shape index (κ3) is 4.09. The summed E-state index contributed by atoms with van der Waals surface area (Å²) in [6.45, 7) is 1.85. The zero-order chi connectivity index (χ0) is 22.1. The van der Waals surface area contributed by atoms with Crippen molar-refractivity contribution in [3.8, 4) is 5.75 Å². The maximum Gasteiger partial charge on any atom is 0.262 e. The largest absolute Gasteiger partial charge is 0.497 e. The van der Waals surface area contributed by atoms with Gasteiger partial charge >= 0.3 is 0 Å². The highest BCUT2D eigenvalue weighted by atomic mass is 35.5. The van der Waals surface area contributed by atoms with E-state index < -0.39 is 0 Å². The number of rotatable bonds is 5. The number of halogens is 2. The molecule has 1 heterocycles. The molecule has 0 N–H and O–H groups in total. The van der Waals surface area contributed by atoms with Gasteiger partial charge in [-0.2, -0.15) is 0 Å². The minimum absolute atomic E-state index is 0.0550. The van der Waals surface area contributed by atoms with E-state index in [0.717, 1.165) is 16.5 Å². The van der Waals surface area contributed by atoms with Gasteiger partial charge in [0.15, 0.2) is 5.78 Å². The molecule has 0 amide bonds. The molecule has 1 aromatic heterocycles. The number of carbonyl (C=O) groups is 2. The van der Waals surface area contributed by atoms with Crippen LogP contribution in [0.4, 0.5) is 0 Å². The summed E-state index contributed by atoms with van der Waals surface area (Å²) in [4.78, 5) is 26.3. The normalized spacial score (nSPS) is 11.0. The van der Waals surface area contributed by atoms with E-state index in [9.17, 15) is 9.59 Å². The van der Waals surface area contributed by atoms with Crippen LogP contribution in [0.1, 0.15) is 32.0 Å². The Hall–Kier alpha value is -3.08. The molecule has 4 nitrogen and oxygen atoms in total. The molecule has 3 aromatic carbocycles. The summed E-state index contributed by atoms with van der Waals surface area (Å²) in [5.41, 5.74) is 3.30. The fourth-order valence-corrected chi connectivity index (χ4v) is 3.95. The Morgan fingerprint density at radius 3 is 2.03 bits per heavy atom. The molecule has 0 saturated carbocycles. The number of ether oxygens (including phenoxy) is 1. The lowest BCUT2D eigenvalue weighted by Gasteiger charge is -2.08. The molecule has 0 spiro atoms. The Morgan fingerprint density at radius 1 is 0.871 bits per heavy atom. The standard InChI is InChI=1S/C25H19Cl2NO3/c1-15-21(14-24(29)16-3-7-18(26)8-4-16)22-13-20(31-2)11-12-23(22)28(15)25(30)17-5-9-19(27)10-6-17/h3-13H,14H2,1-2H3. The van der Waals surface area contributed by atoms with E-state index in [1.807, 2.05) is 19.1 Å². The number of carbonyl (C=O) groups excluding carboxylic acids is 2. The lowest BCUT2D eigenvalue weighted by molar-refractivity contribution is 0.0958. The lowest BCUT2D eigenvalue weighted by Crippen LogP contribution is -2.14. The van der Waals surface area contributed by atoms with Gasteiger partial charge in [-0.1, -0.05) is 23.2 Å². The molecule has 0 aliphatic heterocycles. The lowest BCUT2D eigenvalue weighted by atomic mass is 10.0. The maximum atomic E-state index is 13.3. The number of nitrogens with zero attached hydrogens (tertiary/aromatic N) is 1. The fourth-order valence-electron chi connectivity index (χ4n) is 3.69. The number of Topliss-reactive ketones (excluding diaryl/α,β-unsaturated/α-hetero) is 1. The average Bonchev–Trinajstić information content (AvgIpc) is 3.04. The van der Waals surface area contributed by atoms with Crippen LogP contribution in [-0.4, -0.2) is 23.4 Å². The Bertz CT molecular complexity index is 1290. The second-order valence-corrected chi connectivity index (χ2v) is 8.07. The van der Waals surface area contributed by atoms with E-state index in [4.69, 9.17) is 27.9 Å². The van der Waals surface area contributed by atoms with E-state index in [0.29, 0.717) is 32.6 Å². The van der Waals surface area contributed by atoms with E-state index in [-0.39, 0.29) is 18.1 Å². The summed E-state index contributed by atoms with van der Waals surface area (Å²) in [7, 11) is 1.59. The van der Waals surface area contributed by atoms with E-state index in [2.05, 4.69) is 0 Å². The van der Waals surface area contributed by atoms with Crippen LogP contribution in [0.5, 0.6) is 5.75 Å². The van der Waals surface area contributed by atoms with Crippen molar-refractivity contribution < 1.29 is 14.3 Å². The molecule has 156 valence electrons. The van der Waals surface area contributed by atoms with E-state index >= 15 is 0 Å². The average molecular weight is 452 g/mol. The molecular weight excluding hydrogens is 433 g/mol. The molecule has 0 aliphatic rings. The molecule has 31 heavy (non-hydrogen) atoms. The molecule has 0 atom stereocenters. The third-order valence-electron chi connectivity index (χ3n) is 5.34. The molecule has 6 heteroatoms. The quantitative estimate of drug-likeness (QED) is 0.330. The predicted octanol–water partition coefficient (Wildman–Crippen LogP) is 6.38. The predicted molar refractivity (Wildman–Crippen MR) is 124 cm³/mol. The molecule has 4 aromatic rings. The van der Waals surface area contributed by atoms with Crippen LogP contribution in [-0.2, 0) is 6.42 Å².